The molecule has 0 spiro atoms. The van der Waals surface area contributed by atoms with Gasteiger partial charge in [0, 0.05) is 38.9 Å². The summed E-state index contributed by atoms with van der Waals surface area (Å²) in [4.78, 5) is 44.1. The number of aromatic amines is 1. The lowest BCUT2D eigenvalue weighted by Crippen LogP contribution is -2.39. The van der Waals surface area contributed by atoms with Gasteiger partial charge in [0.15, 0.2) is 5.65 Å². The Hall–Kier alpha value is -3.50. The highest BCUT2D eigenvalue weighted by molar-refractivity contribution is 5.93. The third-order valence-corrected chi connectivity index (χ3v) is 3.83. The average Bonchev–Trinajstić information content (AvgIpc) is 3.24. The molecule has 0 saturated carbocycles. The van der Waals surface area contributed by atoms with E-state index >= 15 is 0 Å². The number of carbonyl (C=O) groups excluding carboxylic acids is 2. The molecule has 136 valence electrons. The number of likely N-dealkylation sites (N-methyl/N-ethyl adjacent to an activating group) is 1. The maximum atomic E-state index is 12.4. The highest BCUT2D eigenvalue weighted by Gasteiger charge is 2.19. The summed E-state index contributed by atoms with van der Waals surface area (Å²) >= 11 is 0. The van der Waals surface area contributed by atoms with Crippen molar-refractivity contribution in [3.8, 4) is 0 Å². The SMILES string of the molecule is CCN(CCNC(=O)c1ccnc2ccnn12)C(=O)c1nn(C)c(=O)[nH]1. The summed E-state index contributed by atoms with van der Waals surface area (Å²) in [6.07, 6.45) is 3.09. The largest absolute Gasteiger partial charge is 0.349 e. The van der Waals surface area contributed by atoms with Crippen molar-refractivity contribution in [3.63, 3.8) is 0 Å². The number of amides is 2. The predicted molar refractivity (Wildman–Crippen MR) is 90.7 cm³/mol. The number of hydrogen-bond donors (Lipinski definition) is 2. The van der Waals surface area contributed by atoms with Crippen molar-refractivity contribution >= 4 is 17.5 Å². The van der Waals surface area contributed by atoms with Gasteiger partial charge in [0.2, 0.25) is 5.82 Å². The van der Waals surface area contributed by atoms with Gasteiger partial charge in [-0.2, -0.15) is 5.10 Å². The first kappa shape index (κ1) is 17.3. The minimum Gasteiger partial charge on any atom is -0.349 e. The molecule has 0 aliphatic carbocycles. The molecule has 0 saturated heterocycles. The predicted octanol–water partition coefficient (Wildman–Crippen LogP) is -0.957. The molecule has 0 aromatic carbocycles. The zero-order valence-electron chi connectivity index (χ0n) is 14.3. The van der Waals surface area contributed by atoms with Gasteiger partial charge in [-0.3, -0.25) is 14.6 Å². The van der Waals surface area contributed by atoms with Crippen LogP contribution in [0.2, 0.25) is 0 Å². The number of hydrogen-bond acceptors (Lipinski definition) is 6. The third-order valence-electron chi connectivity index (χ3n) is 3.83. The van der Waals surface area contributed by atoms with Crippen LogP contribution in [0.5, 0.6) is 0 Å². The number of H-pyrrole nitrogens is 1. The van der Waals surface area contributed by atoms with Gasteiger partial charge in [-0.1, -0.05) is 0 Å². The van der Waals surface area contributed by atoms with Crippen LogP contribution in [-0.4, -0.2) is 65.7 Å². The lowest BCUT2D eigenvalue weighted by molar-refractivity contribution is 0.0745. The van der Waals surface area contributed by atoms with Crippen LogP contribution in [0, 0.1) is 0 Å². The molecule has 11 heteroatoms. The molecule has 0 aliphatic rings. The second kappa shape index (κ2) is 7.17. The molecule has 0 atom stereocenters. The van der Waals surface area contributed by atoms with Crippen LogP contribution >= 0.6 is 0 Å². The quantitative estimate of drug-likeness (QED) is 0.584. The van der Waals surface area contributed by atoms with Gasteiger partial charge in [-0.15, -0.1) is 5.10 Å². The summed E-state index contributed by atoms with van der Waals surface area (Å²) in [5.74, 6) is -0.758. The summed E-state index contributed by atoms with van der Waals surface area (Å²) in [6, 6.07) is 3.26. The van der Waals surface area contributed by atoms with E-state index in [0.29, 0.717) is 17.9 Å². The number of rotatable bonds is 6. The Labute approximate surface area is 147 Å². The first-order valence-electron chi connectivity index (χ1n) is 8.00. The number of carbonyl (C=O) groups is 2. The molecule has 0 aliphatic heterocycles. The highest BCUT2D eigenvalue weighted by Crippen LogP contribution is 2.03. The van der Waals surface area contributed by atoms with E-state index in [1.165, 1.54) is 22.7 Å². The second-order valence-corrected chi connectivity index (χ2v) is 5.47. The van der Waals surface area contributed by atoms with Gasteiger partial charge in [0.05, 0.1) is 6.20 Å². The summed E-state index contributed by atoms with van der Waals surface area (Å²) in [6.45, 7) is 2.72. The molecule has 2 N–H and O–H groups in total. The Bertz CT molecular complexity index is 1000. The topological polar surface area (TPSA) is 130 Å². The van der Waals surface area contributed by atoms with E-state index in [0.717, 1.165) is 4.68 Å². The minimum atomic E-state index is -0.460. The normalized spacial score (nSPS) is 10.8. The Morgan fingerprint density at radius 1 is 1.31 bits per heavy atom. The van der Waals surface area contributed by atoms with Crippen molar-refractivity contribution in [2.45, 2.75) is 6.92 Å². The molecule has 3 aromatic rings. The van der Waals surface area contributed by atoms with Gasteiger partial charge >= 0.3 is 5.69 Å². The van der Waals surface area contributed by atoms with E-state index in [1.54, 1.807) is 25.3 Å². The van der Waals surface area contributed by atoms with Gasteiger partial charge < -0.3 is 10.2 Å². The summed E-state index contributed by atoms with van der Waals surface area (Å²) in [5, 5.41) is 10.7. The first-order chi connectivity index (χ1) is 12.5. The maximum absolute atomic E-state index is 12.4. The average molecular weight is 358 g/mol. The molecule has 2 amide bonds. The molecule has 3 heterocycles. The molecule has 3 aromatic heterocycles. The van der Waals surface area contributed by atoms with E-state index < -0.39 is 11.6 Å². The van der Waals surface area contributed by atoms with Gasteiger partial charge in [0.25, 0.3) is 11.8 Å². The van der Waals surface area contributed by atoms with E-state index in [9.17, 15) is 14.4 Å². The van der Waals surface area contributed by atoms with Crippen LogP contribution in [0.1, 0.15) is 28.0 Å². The summed E-state index contributed by atoms with van der Waals surface area (Å²) < 4.78 is 2.50. The Morgan fingerprint density at radius 3 is 2.81 bits per heavy atom. The van der Waals surface area contributed by atoms with Crippen molar-refractivity contribution in [1.29, 1.82) is 0 Å². The van der Waals surface area contributed by atoms with Crippen molar-refractivity contribution < 1.29 is 9.59 Å². The molecule has 0 unspecified atom stereocenters. The minimum absolute atomic E-state index is 0.0296. The standard InChI is InChI=1S/C15H18N8O3/c1-3-22(14(25)12-19-15(26)21(2)20-12)9-8-17-13(24)10-4-6-16-11-5-7-18-23(10)11/h4-7H,3,8-9H2,1-2H3,(H,17,24)(H,19,20,26). The first-order valence-corrected chi connectivity index (χ1v) is 8.00. The molecular formula is C15H18N8O3. The van der Waals surface area contributed by atoms with Crippen LogP contribution in [-0.2, 0) is 7.05 Å². The molecular weight excluding hydrogens is 340 g/mol. The lowest BCUT2D eigenvalue weighted by Gasteiger charge is -2.19. The molecule has 0 fully saturated rings. The highest BCUT2D eigenvalue weighted by atomic mass is 16.2. The van der Waals surface area contributed by atoms with E-state index in [4.69, 9.17) is 0 Å². The number of aromatic nitrogens is 6. The molecule has 0 bridgehead atoms. The van der Waals surface area contributed by atoms with Crippen LogP contribution in [0.15, 0.2) is 29.3 Å². The van der Waals surface area contributed by atoms with Crippen LogP contribution in [0.25, 0.3) is 5.65 Å². The molecule has 0 radical (unpaired) electrons. The van der Waals surface area contributed by atoms with Crippen molar-refractivity contribution in [1.82, 2.24) is 39.6 Å². The fourth-order valence-corrected chi connectivity index (χ4v) is 2.45. The van der Waals surface area contributed by atoms with Gasteiger partial charge in [-0.25, -0.2) is 19.0 Å². The van der Waals surface area contributed by atoms with Crippen LogP contribution in [0.4, 0.5) is 0 Å². The van der Waals surface area contributed by atoms with E-state index in [2.05, 4.69) is 25.5 Å². The fourth-order valence-electron chi connectivity index (χ4n) is 2.45. The monoisotopic (exact) mass is 358 g/mol. The van der Waals surface area contributed by atoms with Gasteiger partial charge in [0.1, 0.15) is 5.69 Å². The van der Waals surface area contributed by atoms with Gasteiger partial charge in [-0.05, 0) is 13.0 Å². The summed E-state index contributed by atoms with van der Waals surface area (Å²) in [7, 11) is 1.46. The van der Waals surface area contributed by atoms with Crippen LogP contribution in [0.3, 0.4) is 0 Å². The second-order valence-electron chi connectivity index (χ2n) is 5.47. The maximum Gasteiger partial charge on any atom is 0.343 e. The number of fused-ring (bicyclic) bond motifs is 1. The van der Waals surface area contributed by atoms with E-state index in [1.807, 2.05) is 0 Å². The van der Waals surface area contributed by atoms with Crippen molar-refractivity contribution in [2.24, 2.45) is 7.05 Å². The Morgan fingerprint density at radius 2 is 2.12 bits per heavy atom. The fraction of sp³-hybridized carbons (Fsp3) is 0.333. The number of nitrogens with one attached hydrogen (secondary N) is 2. The summed E-state index contributed by atoms with van der Waals surface area (Å²) in [5.41, 5.74) is 0.462. The molecule has 26 heavy (non-hydrogen) atoms. The number of nitrogens with zero attached hydrogens (tertiary/aromatic N) is 6. The van der Waals surface area contributed by atoms with Crippen molar-refractivity contribution in [2.75, 3.05) is 19.6 Å². The zero-order valence-corrected chi connectivity index (χ0v) is 14.3. The Balaban J connectivity index is 1.62. The smallest absolute Gasteiger partial charge is 0.343 e. The zero-order chi connectivity index (χ0) is 18.7. The number of aryl methyl sites for hydroxylation is 1. The molecule has 11 nitrogen and oxygen atoms in total. The Kier molecular flexibility index (Phi) is 4.78. The molecule has 3 rings (SSSR count). The van der Waals surface area contributed by atoms with Crippen molar-refractivity contribution in [3.05, 3.63) is 46.5 Å². The lowest BCUT2D eigenvalue weighted by atomic mass is 10.3. The third kappa shape index (κ3) is 3.31. The van der Waals surface area contributed by atoms with E-state index in [-0.39, 0.29) is 24.8 Å². The van der Waals surface area contributed by atoms with Crippen LogP contribution < -0.4 is 11.0 Å².